The van der Waals surface area contributed by atoms with Crippen molar-refractivity contribution in [3.8, 4) is 6.07 Å². The van der Waals surface area contributed by atoms with Crippen LogP contribution in [-0.4, -0.2) is 12.5 Å². The number of amides is 1. The highest BCUT2D eigenvalue weighted by Crippen LogP contribution is 2.19. The lowest BCUT2D eigenvalue weighted by molar-refractivity contribution is 0.0990. The van der Waals surface area contributed by atoms with E-state index in [2.05, 4.69) is 0 Å². The summed E-state index contributed by atoms with van der Waals surface area (Å²) in [5.41, 5.74) is 1.20. The van der Waals surface area contributed by atoms with E-state index in [4.69, 9.17) is 16.9 Å². The zero-order valence-corrected chi connectivity index (χ0v) is 10.8. The summed E-state index contributed by atoms with van der Waals surface area (Å²) in [5, 5.41) is 9.47. The predicted octanol–water partition coefficient (Wildman–Crippen LogP) is 3.51. The number of rotatable bonds is 3. The lowest BCUT2D eigenvalue weighted by atomic mass is 10.2. The Morgan fingerprint density at radius 3 is 2.32 bits per heavy atom. The molecule has 0 aliphatic carbocycles. The molecule has 0 unspecified atom stereocenters. The number of benzene rings is 2. The van der Waals surface area contributed by atoms with Crippen LogP contribution in [0.3, 0.4) is 0 Å². The number of halogens is 1. The zero-order chi connectivity index (χ0) is 13.7. The third kappa shape index (κ3) is 3.12. The molecule has 3 nitrogen and oxygen atoms in total. The summed E-state index contributed by atoms with van der Waals surface area (Å²) >= 11 is 5.82. The predicted molar refractivity (Wildman–Crippen MR) is 75.2 cm³/mol. The van der Waals surface area contributed by atoms with Crippen LogP contribution in [0, 0.1) is 11.3 Å². The van der Waals surface area contributed by atoms with Crippen LogP contribution in [0.25, 0.3) is 0 Å². The van der Waals surface area contributed by atoms with Gasteiger partial charge in [-0.05, 0) is 36.4 Å². The first-order valence-electron chi connectivity index (χ1n) is 5.72. The van der Waals surface area contributed by atoms with E-state index in [1.165, 1.54) is 4.90 Å². The maximum absolute atomic E-state index is 12.4. The number of carbonyl (C=O) groups is 1. The number of hydrogen-bond acceptors (Lipinski definition) is 2. The molecule has 1 amide bonds. The van der Waals surface area contributed by atoms with E-state index >= 15 is 0 Å². The Bertz CT molecular complexity index is 602. The van der Waals surface area contributed by atoms with Crippen LogP contribution in [0.2, 0.25) is 5.02 Å². The number of hydrogen-bond donors (Lipinski definition) is 0. The van der Waals surface area contributed by atoms with E-state index in [1.54, 1.807) is 48.5 Å². The van der Waals surface area contributed by atoms with Gasteiger partial charge in [-0.1, -0.05) is 29.8 Å². The lowest BCUT2D eigenvalue weighted by Gasteiger charge is -2.19. The Kier molecular flexibility index (Phi) is 4.17. The SMILES string of the molecule is N#CCN(C(=O)c1ccccc1)c1ccc(Cl)cc1. The van der Waals surface area contributed by atoms with Gasteiger partial charge in [0.2, 0.25) is 0 Å². The molecule has 2 aromatic carbocycles. The van der Waals surface area contributed by atoms with Gasteiger partial charge in [0.15, 0.2) is 0 Å². The average molecular weight is 271 g/mol. The molecule has 0 bridgehead atoms. The molecular formula is C15H11ClN2O. The topological polar surface area (TPSA) is 44.1 Å². The molecule has 0 saturated carbocycles. The first-order chi connectivity index (χ1) is 9.22. The Hall–Kier alpha value is -2.31. The van der Waals surface area contributed by atoms with Crippen molar-refractivity contribution in [3.63, 3.8) is 0 Å². The molecule has 0 aliphatic heterocycles. The number of nitriles is 1. The van der Waals surface area contributed by atoms with Crippen LogP contribution in [0.15, 0.2) is 54.6 Å². The molecule has 19 heavy (non-hydrogen) atoms. The Labute approximate surface area is 116 Å². The summed E-state index contributed by atoms with van der Waals surface area (Å²) in [5.74, 6) is -0.204. The fourth-order valence-electron chi connectivity index (χ4n) is 1.71. The zero-order valence-electron chi connectivity index (χ0n) is 10.1. The third-order valence-electron chi connectivity index (χ3n) is 2.63. The Morgan fingerprint density at radius 2 is 1.74 bits per heavy atom. The van der Waals surface area contributed by atoms with Gasteiger partial charge in [-0.3, -0.25) is 9.69 Å². The Balaban J connectivity index is 2.33. The second kappa shape index (κ2) is 6.03. The van der Waals surface area contributed by atoms with Crippen LogP contribution in [0.4, 0.5) is 5.69 Å². The number of nitrogens with zero attached hydrogens (tertiary/aromatic N) is 2. The van der Waals surface area contributed by atoms with Crippen LogP contribution in [0.5, 0.6) is 0 Å². The third-order valence-corrected chi connectivity index (χ3v) is 2.88. The standard InChI is InChI=1S/C15H11ClN2O/c16-13-6-8-14(9-7-13)18(11-10-17)15(19)12-4-2-1-3-5-12/h1-9H,11H2. The van der Waals surface area contributed by atoms with Gasteiger partial charge in [-0.25, -0.2) is 0 Å². The molecule has 0 saturated heterocycles. The van der Waals surface area contributed by atoms with Gasteiger partial charge in [0.1, 0.15) is 6.54 Å². The maximum Gasteiger partial charge on any atom is 0.259 e. The van der Waals surface area contributed by atoms with Gasteiger partial charge in [0.05, 0.1) is 6.07 Å². The van der Waals surface area contributed by atoms with E-state index in [0.29, 0.717) is 16.3 Å². The minimum absolute atomic E-state index is 0.00460. The minimum atomic E-state index is -0.204. The molecule has 0 spiro atoms. The smallest absolute Gasteiger partial charge is 0.259 e. The fraction of sp³-hybridized carbons (Fsp3) is 0.0667. The first-order valence-corrected chi connectivity index (χ1v) is 6.09. The average Bonchev–Trinajstić information content (AvgIpc) is 2.46. The van der Waals surface area contributed by atoms with E-state index in [0.717, 1.165) is 0 Å². The summed E-state index contributed by atoms with van der Waals surface area (Å²) in [4.78, 5) is 13.8. The normalized spacial score (nSPS) is 9.68. The largest absolute Gasteiger partial charge is 0.295 e. The van der Waals surface area contributed by atoms with E-state index in [-0.39, 0.29) is 12.5 Å². The number of carbonyl (C=O) groups excluding carboxylic acids is 1. The molecule has 2 aromatic rings. The molecule has 0 atom stereocenters. The summed E-state index contributed by atoms with van der Waals surface area (Å²) in [6, 6.07) is 17.7. The van der Waals surface area contributed by atoms with Gasteiger partial charge in [0.25, 0.3) is 5.91 Å². The van der Waals surface area contributed by atoms with E-state index in [1.807, 2.05) is 12.1 Å². The summed E-state index contributed by atoms with van der Waals surface area (Å²) in [6.07, 6.45) is 0. The molecule has 0 heterocycles. The van der Waals surface area contributed by atoms with Gasteiger partial charge < -0.3 is 0 Å². The molecule has 0 radical (unpaired) electrons. The van der Waals surface area contributed by atoms with Crippen LogP contribution in [-0.2, 0) is 0 Å². The van der Waals surface area contributed by atoms with Crippen molar-refractivity contribution in [2.45, 2.75) is 0 Å². The molecule has 0 aromatic heterocycles. The van der Waals surface area contributed by atoms with Crippen LogP contribution >= 0.6 is 11.6 Å². The number of anilines is 1. The van der Waals surface area contributed by atoms with Crippen molar-refractivity contribution in [1.29, 1.82) is 5.26 Å². The molecule has 4 heteroatoms. The van der Waals surface area contributed by atoms with Crippen molar-refractivity contribution in [1.82, 2.24) is 0 Å². The van der Waals surface area contributed by atoms with Crippen molar-refractivity contribution in [2.24, 2.45) is 0 Å². The van der Waals surface area contributed by atoms with Gasteiger partial charge in [-0.15, -0.1) is 0 Å². The lowest BCUT2D eigenvalue weighted by Crippen LogP contribution is -2.31. The summed E-state index contributed by atoms with van der Waals surface area (Å²) < 4.78 is 0. The highest BCUT2D eigenvalue weighted by atomic mass is 35.5. The quantitative estimate of drug-likeness (QED) is 0.801. The highest BCUT2D eigenvalue weighted by Gasteiger charge is 2.16. The second-order valence-corrected chi connectivity index (χ2v) is 4.33. The molecular weight excluding hydrogens is 260 g/mol. The summed E-state index contributed by atoms with van der Waals surface area (Å²) in [7, 11) is 0. The maximum atomic E-state index is 12.4. The van der Waals surface area contributed by atoms with Crippen molar-refractivity contribution >= 4 is 23.2 Å². The monoisotopic (exact) mass is 270 g/mol. The van der Waals surface area contributed by atoms with Crippen LogP contribution < -0.4 is 4.90 Å². The fourth-order valence-corrected chi connectivity index (χ4v) is 1.83. The molecule has 2 rings (SSSR count). The second-order valence-electron chi connectivity index (χ2n) is 3.89. The molecule has 0 aliphatic rings. The molecule has 0 N–H and O–H groups in total. The van der Waals surface area contributed by atoms with Gasteiger partial charge >= 0.3 is 0 Å². The van der Waals surface area contributed by atoms with E-state index < -0.39 is 0 Å². The molecule has 94 valence electrons. The summed E-state index contributed by atoms with van der Waals surface area (Å²) in [6.45, 7) is -0.00460. The highest BCUT2D eigenvalue weighted by molar-refractivity contribution is 6.30. The van der Waals surface area contributed by atoms with Crippen molar-refractivity contribution < 1.29 is 4.79 Å². The first kappa shape index (κ1) is 13.1. The van der Waals surface area contributed by atoms with Gasteiger partial charge in [-0.2, -0.15) is 5.26 Å². The van der Waals surface area contributed by atoms with Crippen molar-refractivity contribution in [3.05, 3.63) is 65.2 Å². The van der Waals surface area contributed by atoms with Crippen LogP contribution in [0.1, 0.15) is 10.4 Å². The van der Waals surface area contributed by atoms with E-state index in [9.17, 15) is 4.79 Å². The van der Waals surface area contributed by atoms with Crippen molar-refractivity contribution in [2.75, 3.05) is 11.4 Å². The minimum Gasteiger partial charge on any atom is -0.295 e. The molecule has 0 fully saturated rings. The Morgan fingerprint density at radius 1 is 1.11 bits per heavy atom. The van der Waals surface area contributed by atoms with Gasteiger partial charge in [0, 0.05) is 16.3 Å².